The summed E-state index contributed by atoms with van der Waals surface area (Å²) in [5.41, 5.74) is 3.96. The number of hydrogen-bond acceptors (Lipinski definition) is 7. The number of nitrogens with zero attached hydrogens (tertiary/aromatic N) is 3. The molecule has 0 radical (unpaired) electrons. The normalized spacial score (nSPS) is 13.6. The minimum atomic E-state index is -0.190. The maximum atomic E-state index is 11.7. The number of benzene rings is 2. The topological polar surface area (TPSA) is 97.4 Å². The molecule has 4 rings (SSSR count). The van der Waals surface area contributed by atoms with Crippen molar-refractivity contribution >= 4 is 29.1 Å². The molecule has 1 aliphatic heterocycles. The van der Waals surface area contributed by atoms with Gasteiger partial charge in [-0.25, -0.2) is 4.68 Å². The van der Waals surface area contributed by atoms with E-state index in [1.54, 1.807) is 29.1 Å². The van der Waals surface area contributed by atoms with E-state index in [1.165, 1.54) is 18.4 Å². The zero-order valence-corrected chi connectivity index (χ0v) is 18.5. The second kappa shape index (κ2) is 9.11. The largest absolute Gasteiger partial charge is 0.504 e. The van der Waals surface area contributed by atoms with Gasteiger partial charge in [-0.2, -0.15) is 5.10 Å². The number of phenolic OH excluding ortho intramolecular Hbond substituents is 1. The number of ether oxygens (including phenoxy) is 2. The zero-order chi connectivity index (χ0) is 22.7. The summed E-state index contributed by atoms with van der Waals surface area (Å²) in [5.74, 6) is 0.859. The first-order valence-corrected chi connectivity index (χ1v) is 10.7. The van der Waals surface area contributed by atoms with Gasteiger partial charge in [0.2, 0.25) is 4.80 Å². The average molecular weight is 451 g/mol. The van der Waals surface area contributed by atoms with Crippen LogP contribution in [0.3, 0.4) is 0 Å². The predicted molar refractivity (Wildman–Crippen MR) is 125 cm³/mol. The number of anilines is 1. The van der Waals surface area contributed by atoms with Crippen LogP contribution >= 0.6 is 11.3 Å². The van der Waals surface area contributed by atoms with Crippen molar-refractivity contribution in [1.82, 2.24) is 4.68 Å². The molecule has 9 heteroatoms. The number of carbonyl (C=O) groups excluding carboxylic acids is 1. The Morgan fingerprint density at radius 1 is 1.38 bits per heavy atom. The minimum Gasteiger partial charge on any atom is -0.504 e. The molecule has 2 aromatic carbocycles. The van der Waals surface area contributed by atoms with Crippen LogP contribution in [0, 0.1) is 0 Å². The molecule has 0 saturated carbocycles. The van der Waals surface area contributed by atoms with Crippen molar-refractivity contribution < 1.29 is 19.4 Å². The van der Waals surface area contributed by atoms with Crippen LogP contribution < -0.4 is 19.6 Å². The van der Waals surface area contributed by atoms with Crippen molar-refractivity contribution in [2.24, 2.45) is 10.1 Å². The lowest BCUT2D eigenvalue weighted by Gasteiger charge is -2.18. The number of hydrogen-bond donors (Lipinski definition) is 2. The van der Waals surface area contributed by atoms with Gasteiger partial charge in [-0.3, -0.25) is 9.79 Å². The number of rotatable bonds is 6. The minimum absolute atomic E-state index is 0.00904. The summed E-state index contributed by atoms with van der Waals surface area (Å²) < 4.78 is 12.4. The standard InChI is InChI=1S/C23H22N4O4S/c1-14(2)10-24-23-27(25-11-15-4-6-19(28)21(8-15)30-3)18(13-32-23)16-5-7-20-17(9-16)26-22(29)12-31-20/h4-9,11,13,28H,1,10,12H2,2-3H3,(H,26,29). The van der Waals surface area contributed by atoms with E-state index in [4.69, 9.17) is 9.47 Å². The molecule has 164 valence electrons. The summed E-state index contributed by atoms with van der Waals surface area (Å²) in [6.45, 7) is 6.32. The Hall–Kier alpha value is -3.85. The van der Waals surface area contributed by atoms with Crippen LogP contribution in [-0.4, -0.2) is 42.2 Å². The van der Waals surface area contributed by atoms with Gasteiger partial charge < -0.3 is 19.9 Å². The van der Waals surface area contributed by atoms with E-state index in [1.807, 2.05) is 30.5 Å². The first-order valence-electron chi connectivity index (χ1n) is 9.78. The van der Waals surface area contributed by atoms with E-state index in [-0.39, 0.29) is 18.3 Å². The summed E-state index contributed by atoms with van der Waals surface area (Å²) in [5, 5.41) is 19.3. The van der Waals surface area contributed by atoms with Crippen molar-refractivity contribution in [3.05, 3.63) is 64.3 Å². The maximum absolute atomic E-state index is 11.7. The van der Waals surface area contributed by atoms with E-state index in [0.717, 1.165) is 22.4 Å². The number of phenols is 1. The molecule has 0 atom stereocenters. The van der Waals surface area contributed by atoms with E-state index >= 15 is 0 Å². The quantitative estimate of drug-likeness (QED) is 0.443. The molecule has 1 aromatic heterocycles. The Labute approximate surface area is 188 Å². The lowest BCUT2D eigenvalue weighted by molar-refractivity contribution is -0.118. The third kappa shape index (κ3) is 4.57. The van der Waals surface area contributed by atoms with Gasteiger partial charge >= 0.3 is 0 Å². The summed E-state index contributed by atoms with van der Waals surface area (Å²) in [4.78, 5) is 17.0. The predicted octanol–water partition coefficient (Wildman–Crippen LogP) is 3.62. The van der Waals surface area contributed by atoms with Crippen LogP contribution in [0.5, 0.6) is 17.2 Å². The number of thiazole rings is 1. The number of aromatic hydroxyl groups is 1. The van der Waals surface area contributed by atoms with Gasteiger partial charge in [-0.15, -0.1) is 11.3 Å². The Bertz CT molecular complexity index is 1290. The van der Waals surface area contributed by atoms with Crippen LogP contribution in [0.15, 0.2) is 64.0 Å². The number of amides is 1. The first-order chi connectivity index (χ1) is 15.4. The molecule has 0 unspecified atom stereocenters. The van der Waals surface area contributed by atoms with E-state index < -0.39 is 0 Å². The van der Waals surface area contributed by atoms with Gasteiger partial charge in [0.25, 0.3) is 5.91 Å². The Morgan fingerprint density at radius 3 is 3.00 bits per heavy atom. The fourth-order valence-electron chi connectivity index (χ4n) is 3.06. The fraction of sp³-hybridized carbons (Fsp3) is 0.174. The van der Waals surface area contributed by atoms with Crippen molar-refractivity contribution in [1.29, 1.82) is 0 Å². The molecule has 2 N–H and O–H groups in total. The van der Waals surface area contributed by atoms with Gasteiger partial charge in [0.15, 0.2) is 18.1 Å². The molecule has 2 heterocycles. The molecule has 8 nitrogen and oxygen atoms in total. The molecule has 0 fully saturated rings. The second-order valence-corrected chi connectivity index (χ2v) is 8.05. The molecule has 0 spiro atoms. The monoisotopic (exact) mass is 450 g/mol. The van der Waals surface area contributed by atoms with Gasteiger partial charge in [0.05, 0.1) is 31.3 Å². The number of carbonyl (C=O) groups is 1. The molecule has 3 aromatic rings. The molecular formula is C23H22N4O4S. The summed E-state index contributed by atoms with van der Waals surface area (Å²) in [6.07, 6.45) is 1.67. The zero-order valence-electron chi connectivity index (χ0n) is 17.7. The van der Waals surface area contributed by atoms with E-state index in [0.29, 0.717) is 28.5 Å². The van der Waals surface area contributed by atoms with E-state index in [2.05, 4.69) is 22.0 Å². The highest BCUT2D eigenvalue weighted by atomic mass is 32.1. The Morgan fingerprint density at radius 2 is 2.22 bits per heavy atom. The average Bonchev–Trinajstić information content (AvgIpc) is 3.19. The molecule has 1 aliphatic rings. The van der Waals surface area contributed by atoms with Crippen molar-refractivity contribution in [3.63, 3.8) is 0 Å². The van der Waals surface area contributed by atoms with Crippen molar-refractivity contribution in [3.8, 4) is 28.5 Å². The van der Waals surface area contributed by atoms with Crippen LogP contribution in [0.25, 0.3) is 11.3 Å². The highest BCUT2D eigenvalue weighted by molar-refractivity contribution is 7.07. The molecule has 0 aliphatic carbocycles. The third-order valence-corrected chi connectivity index (χ3v) is 5.46. The van der Waals surface area contributed by atoms with Crippen molar-refractivity contribution in [2.45, 2.75) is 6.92 Å². The fourth-order valence-corrected chi connectivity index (χ4v) is 3.90. The first kappa shape index (κ1) is 21.4. The van der Waals surface area contributed by atoms with Crippen LogP contribution in [-0.2, 0) is 4.79 Å². The van der Waals surface area contributed by atoms with Gasteiger partial charge in [0, 0.05) is 10.9 Å². The SMILES string of the molecule is C=C(C)CN=c1scc(-c2ccc3c(c2)NC(=O)CO3)n1N=Cc1ccc(O)c(OC)c1. The molecule has 0 bridgehead atoms. The van der Waals surface area contributed by atoms with Crippen LogP contribution in [0.1, 0.15) is 12.5 Å². The second-order valence-electron chi connectivity index (χ2n) is 7.21. The third-order valence-electron chi connectivity index (χ3n) is 4.60. The molecule has 32 heavy (non-hydrogen) atoms. The highest BCUT2D eigenvalue weighted by Gasteiger charge is 2.17. The molecular weight excluding hydrogens is 428 g/mol. The van der Waals surface area contributed by atoms with Crippen molar-refractivity contribution in [2.75, 3.05) is 25.6 Å². The smallest absolute Gasteiger partial charge is 0.262 e. The molecule has 0 saturated heterocycles. The van der Waals surface area contributed by atoms with Gasteiger partial charge in [0.1, 0.15) is 5.75 Å². The molecule has 1 amide bonds. The lowest BCUT2D eigenvalue weighted by Crippen LogP contribution is -2.25. The summed E-state index contributed by atoms with van der Waals surface area (Å²) in [7, 11) is 1.49. The van der Waals surface area contributed by atoms with Gasteiger partial charge in [-0.1, -0.05) is 12.2 Å². The highest BCUT2D eigenvalue weighted by Crippen LogP contribution is 2.33. The van der Waals surface area contributed by atoms with Crippen LogP contribution in [0.4, 0.5) is 5.69 Å². The number of aromatic nitrogens is 1. The maximum Gasteiger partial charge on any atom is 0.262 e. The summed E-state index contributed by atoms with van der Waals surface area (Å²) >= 11 is 1.45. The number of fused-ring (bicyclic) bond motifs is 1. The lowest BCUT2D eigenvalue weighted by atomic mass is 10.1. The van der Waals surface area contributed by atoms with Gasteiger partial charge in [-0.05, 0) is 48.9 Å². The summed E-state index contributed by atoms with van der Waals surface area (Å²) in [6, 6.07) is 10.6. The number of nitrogens with one attached hydrogen (secondary N) is 1. The van der Waals surface area contributed by atoms with Crippen LogP contribution in [0.2, 0.25) is 0 Å². The number of methoxy groups -OCH3 is 1. The van der Waals surface area contributed by atoms with E-state index in [9.17, 15) is 9.90 Å². The Balaban J connectivity index is 1.77. The Kier molecular flexibility index (Phi) is 6.09.